The molecule has 1 N–H and O–H groups in total. The number of rotatable bonds is 4. The van der Waals surface area contributed by atoms with Crippen LogP contribution in [-0.4, -0.2) is 5.91 Å². The second-order valence-electron chi connectivity index (χ2n) is 5.11. The van der Waals surface area contributed by atoms with Crippen molar-refractivity contribution in [2.45, 2.75) is 26.3 Å². The first-order valence-corrected chi connectivity index (χ1v) is 7.51. The maximum Gasteiger partial charge on any atom is 0.224 e. The van der Waals surface area contributed by atoms with Crippen molar-refractivity contribution in [3.8, 4) is 0 Å². The molecule has 21 heavy (non-hydrogen) atoms. The van der Waals surface area contributed by atoms with Gasteiger partial charge in [-0.05, 0) is 37.1 Å². The molecule has 1 amide bonds. The Hall–Kier alpha value is -1.51. The van der Waals surface area contributed by atoms with Crippen LogP contribution >= 0.6 is 23.2 Å². The van der Waals surface area contributed by atoms with Crippen LogP contribution in [0.25, 0.3) is 0 Å². The van der Waals surface area contributed by atoms with E-state index in [0.717, 1.165) is 11.1 Å². The van der Waals surface area contributed by atoms with E-state index in [9.17, 15) is 4.79 Å². The number of amides is 1. The van der Waals surface area contributed by atoms with E-state index < -0.39 is 0 Å². The van der Waals surface area contributed by atoms with Crippen LogP contribution in [-0.2, 0) is 11.2 Å². The summed E-state index contributed by atoms with van der Waals surface area (Å²) in [6.45, 7) is 4.00. The molecular weight excluding hydrogens is 305 g/mol. The number of halogens is 2. The van der Waals surface area contributed by atoms with Gasteiger partial charge in [0.15, 0.2) is 0 Å². The molecule has 0 saturated carbocycles. The smallest absolute Gasteiger partial charge is 0.224 e. The van der Waals surface area contributed by atoms with Crippen LogP contribution in [0, 0.1) is 6.92 Å². The number of hydrogen-bond donors (Lipinski definition) is 1. The molecule has 110 valence electrons. The highest BCUT2D eigenvalue weighted by molar-refractivity contribution is 6.35. The van der Waals surface area contributed by atoms with Crippen LogP contribution in [0.3, 0.4) is 0 Å². The molecule has 0 heterocycles. The molecule has 2 nitrogen and oxygen atoms in total. The minimum atomic E-state index is -0.0627. The molecule has 0 radical (unpaired) electrons. The zero-order chi connectivity index (χ0) is 15.4. The molecule has 0 bridgehead atoms. The fourth-order valence-corrected chi connectivity index (χ4v) is 2.54. The number of aryl methyl sites for hydroxylation is 1. The third-order valence-corrected chi connectivity index (χ3v) is 3.91. The molecule has 2 rings (SSSR count). The van der Waals surface area contributed by atoms with Crippen molar-refractivity contribution >= 4 is 29.1 Å². The van der Waals surface area contributed by atoms with E-state index in [2.05, 4.69) is 5.32 Å². The van der Waals surface area contributed by atoms with Crippen molar-refractivity contribution in [2.75, 3.05) is 0 Å². The summed E-state index contributed by atoms with van der Waals surface area (Å²) in [4.78, 5) is 12.1. The number of carbonyl (C=O) groups excluding carboxylic acids is 1. The van der Waals surface area contributed by atoms with E-state index in [0.29, 0.717) is 10.0 Å². The molecule has 0 spiro atoms. The molecule has 2 aromatic carbocycles. The van der Waals surface area contributed by atoms with Gasteiger partial charge in [-0.1, -0.05) is 59.1 Å². The highest BCUT2D eigenvalue weighted by Gasteiger charge is 2.12. The van der Waals surface area contributed by atoms with Gasteiger partial charge in [0.1, 0.15) is 0 Å². The highest BCUT2D eigenvalue weighted by Crippen LogP contribution is 2.21. The predicted octanol–water partition coefficient (Wildman–Crippen LogP) is 4.72. The van der Waals surface area contributed by atoms with E-state index in [1.54, 1.807) is 18.2 Å². The molecule has 0 saturated heterocycles. The molecule has 2 aromatic rings. The van der Waals surface area contributed by atoms with E-state index in [-0.39, 0.29) is 18.4 Å². The van der Waals surface area contributed by atoms with E-state index >= 15 is 0 Å². The second kappa shape index (κ2) is 6.97. The van der Waals surface area contributed by atoms with Crippen LogP contribution in [0.2, 0.25) is 10.0 Å². The van der Waals surface area contributed by atoms with Gasteiger partial charge in [-0.2, -0.15) is 0 Å². The molecule has 0 aliphatic rings. The lowest BCUT2D eigenvalue weighted by molar-refractivity contribution is -0.121. The summed E-state index contributed by atoms with van der Waals surface area (Å²) in [7, 11) is 0. The number of hydrogen-bond acceptors (Lipinski definition) is 1. The maximum atomic E-state index is 12.1. The Labute approximate surface area is 135 Å². The first-order chi connectivity index (χ1) is 9.95. The first-order valence-electron chi connectivity index (χ1n) is 6.75. The van der Waals surface area contributed by atoms with Gasteiger partial charge in [0, 0.05) is 10.0 Å². The number of carbonyl (C=O) groups is 1. The lowest BCUT2D eigenvalue weighted by Crippen LogP contribution is -2.28. The summed E-state index contributed by atoms with van der Waals surface area (Å²) in [6, 6.07) is 13.2. The summed E-state index contributed by atoms with van der Waals surface area (Å²) in [5, 5.41) is 4.06. The van der Waals surface area contributed by atoms with Crippen molar-refractivity contribution in [1.29, 1.82) is 0 Å². The summed E-state index contributed by atoms with van der Waals surface area (Å²) < 4.78 is 0. The molecule has 1 unspecified atom stereocenters. The zero-order valence-electron chi connectivity index (χ0n) is 12.0. The maximum absolute atomic E-state index is 12.1. The van der Waals surface area contributed by atoms with Crippen molar-refractivity contribution in [3.63, 3.8) is 0 Å². The Morgan fingerprint density at radius 3 is 2.43 bits per heavy atom. The largest absolute Gasteiger partial charge is 0.349 e. The fraction of sp³-hybridized carbons (Fsp3) is 0.235. The fourth-order valence-electron chi connectivity index (χ4n) is 2.07. The monoisotopic (exact) mass is 321 g/mol. The van der Waals surface area contributed by atoms with Crippen LogP contribution < -0.4 is 5.32 Å². The molecule has 1 atom stereocenters. The molecule has 0 aliphatic heterocycles. The van der Waals surface area contributed by atoms with E-state index in [1.165, 1.54) is 5.56 Å². The Morgan fingerprint density at radius 1 is 1.14 bits per heavy atom. The van der Waals surface area contributed by atoms with Crippen LogP contribution in [0.5, 0.6) is 0 Å². The molecule has 0 aliphatic carbocycles. The minimum Gasteiger partial charge on any atom is -0.349 e. The summed E-state index contributed by atoms with van der Waals surface area (Å²) in [6.07, 6.45) is 0.242. The van der Waals surface area contributed by atoms with Gasteiger partial charge in [0.05, 0.1) is 12.5 Å². The van der Waals surface area contributed by atoms with Crippen LogP contribution in [0.1, 0.15) is 29.7 Å². The Kier molecular flexibility index (Phi) is 5.27. The predicted molar refractivity (Wildman–Crippen MR) is 87.9 cm³/mol. The van der Waals surface area contributed by atoms with Gasteiger partial charge in [-0.15, -0.1) is 0 Å². The highest BCUT2D eigenvalue weighted by atomic mass is 35.5. The van der Waals surface area contributed by atoms with Crippen molar-refractivity contribution < 1.29 is 4.79 Å². The number of benzene rings is 2. The van der Waals surface area contributed by atoms with Gasteiger partial charge in [-0.3, -0.25) is 4.79 Å². The summed E-state index contributed by atoms with van der Waals surface area (Å²) >= 11 is 11.9. The molecule has 4 heteroatoms. The van der Waals surface area contributed by atoms with Gasteiger partial charge in [0.2, 0.25) is 5.91 Å². The van der Waals surface area contributed by atoms with E-state index in [1.807, 2.05) is 38.1 Å². The van der Waals surface area contributed by atoms with Gasteiger partial charge in [0.25, 0.3) is 0 Å². The lowest BCUT2D eigenvalue weighted by atomic mass is 10.1. The van der Waals surface area contributed by atoms with Crippen LogP contribution in [0.4, 0.5) is 0 Å². The molecule has 0 fully saturated rings. The average molecular weight is 322 g/mol. The normalized spacial score (nSPS) is 12.0. The minimum absolute atomic E-state index is 0.0378. The lowest BCUT2D eigenvalue weighted by Gasteiger charge is -2.15. The van der Waals surface area contributed by atoms with Gasteiger partial charge in [-0.25, -0.2) is 0 Å². The summed E-state index contributed by atoms with van der Waals surface area (Å²) in [5.74, 6) is -0.0627. The van der Waals surface area contributed by atoms with Gasteiger partial charge < -0.3 is 5.32 Å². The van der Waals surface area contributed by atoms with Gasteiger partial charge >= 0.3 is 0 Å². The van der Waals surface area contributed by atoms with E-state index in [4.69, 9.17) is 23.2 Å². The Bertz CT molecular complexity index is 638. The Morgan fingerprint density at radius 2 is 1.81 bits per heavy atom. The standard InChI is InChI=1S/C17H17Cl2NO/c1-11-3-5-13(6-4-11)12(2)20-17(21)9-14-7-8-15(18)10-16(14)19/h3-8,10,12H,9H2,1-2H3,(H,20,21). The van der Waals surface area contributed by atoms with Crippen LogP contribution in [0.15, 0.2) is 42.5 Å². The summed E-state index contributed by atoms with van der Waals surface area (Å²) in [5.41, 5.74) is 3.05. The molecular formula is C17H17Cl2NO. The second-order valence-corrected chi connectivity index (χ2v) is 5.96. The zero-order valence-corrected chi connectivity index (χ0v) is 13.5. The third kappa shape index (κ3) is 4.48. The quantitative estimate of drug-likeness (QED) is 0.867. The SMILES string of the molecule is Cc1ccc(C(C)NC(=O)Cc2ccc(Cl)cc2Cl)cc1. The molecule has 0 aromatic heterocycles. The third-order valence-electron chi connectivity index (χ3n) is 3.32. The topological polar surface area (TPSA) is 29.1 Å². The van der Waals surface area contributed by atoms with Crippen molar-refractivity contribution in [3.05, 3.63) is 69.2 Å². The Balaban J connectivity index is 1.99. The van der Waals surface area contributed by atoms with Crippen molar-refractivity contribution in [2.24, 2.45) is 0 Å². The number of nitrogens with one attached hydrogen (secondary N) is 1. The van der Waals surface area contributed by atoms with Crippen molar-refractivity contribution in [1.82, 2.24) is 5.32 Å². The average Bonchev–Trinajstić information content (AvgIpc) is 2.42. The first kappa shape index (κ1) is 15.9.